The van der Waals surface area contributed by atoms with Gasteiger partial charge in [0, 0.05) is 5.41 Å². The Labute approximate surface area is 187 Å². The predicted molar refractivity (Wildman–Crippen MR) is 106 cm³/mol. The first-order chi connectivity index (χ1) is 15.0. The highest BCUT2D eigenvalue weighted by atomic mass is 19.4. The number of fused-ring (bicyclic) bond motifs is 4. The summed E-state index contributed by atoms with van der Waals surface area (Å²) in [6.07, 6.45) is 4.23. The molecule has 9 heteroatoms. The monoisotopic (exact) mass is 478 g/mol. The van der Waals surface area contributed by atoms with E-state index in [-0.39, 0.29) is 11.3 Å². The van der Waals surface area contributed by atoms with Gasteiger partial charge in [0.05, 0.1) is 0 Å². The molecule has 182 valence electrons. The van der Waals surface area contributed by atoms with Crippen LogP contribution in [0.5, 0.6) is 0 Å². The van der Waals surface area contributed by atoms with Crippen molar-refractivity contribution < 1.29 is 40.3 Å². The van der Waals surface area contributed by atoms with Gasteiger partial charge in [-0.05, 0) is 67.1 Å². The maximum absolute atomic E-state index is 13.6. The smallest absolute Gasteiger partial charge is 0.422 e. The summed E-state index contributed by atoms with van der Waals surface area (Å²) in [5.41, 5.74) is 3.38. The molecule has 4 rings (SSSR count). The summed E-state index contributed by atoms with van der Waals surface area (Å²) in [4.78, 5) is 11.6. The van der Waals surface area contributed by atoms with E-state index in [1.165, 1.54) is 23.3 Å². The topological polar surface area (TPSA) is 26.3 Å². The molecule has 0 aromatic heterocycles. The van der Waals surface area contributed by atoms with E-state index in [0.717, 1.165) is 25.7 Å². The maximum Gasteiger partial charge on any atom is 0.460 e. The summed E-state index contributed by atoms with van der Waals surface area (Å²) >= 11 is 0. The van der Waals surface area contributed by atoms with Gasteiger partial charge in [0.2, 0.25) is 0 Å². The van der Waals surface area contributed by atoms with E-state index in [1.807, 2.05) is 13.0 Å². The van der Waals surface area contributed by atoms with Crippen LogP contribution in [0, 0.1) is 22.7 Å². The summed E-state index contributed by atoms with van der Waals surface area (Å²) in [6.45, 7) is 6.49. The van der Waals surface area contributed by atoms with Crippen LogP contribution in [0.25, 0.3) is 0 Å². The molecule has 4 aliphatic carbocycles. The molecule has 33 heavy (non-hydrogen) atoms. The lowest BCUT2D eigenvalue weighted by atomic mass is 9.55. The van der Waals surface area contributed by atoms with Crippen LogP contribution in [0.15, 0.2) is 46.8 Å². The second kappa shape index (κ2) is 7.22. The third kappa shape index (κ3) is 3.48. The lowest BCUT2D eigenvalue weighted by Crippen LogP contribution is -2.56. The van der Waals surface area contributed by atoms with Crippen LogP contribution in [0.2, 0.25) is 0 Å². The molecular weight excluding hydrogens is 453 g/mol. The second-order valence-corrected chi connectivity index (χ2v) is 10.2. The molecule has 3 atom stereocenters. The zero-order valence-electron chi connectivity index (χ0n) is 18.5. The Kier molecular flexibility index (Phi) is 5.27. The number of esters is 1. The third-order valence-corrected chi connectivity index (χ3v) is 7.96. The highest BCUT2D eigenvalue weighted by Crippen LogP contribution is 2.60. The van der Waals surface area contributed by atoms with Crippen LogP contribution >= 0.6 is 0 Å². The van der Waals surface area contributed by atoms with E-state index in [4.69, 9.17) is 0 Å². The molecule has 0 saturated carbocycles. The molecule has 0 aromatic rings. The molecule has 0 spiro atoms. The first-order valence-electron chi connectivity index (χ1n) is 10.9. The minimum absolute atomic E-state index is 0.179. The van der Waals surface area contributed by atoms with Crippen LogP contribution < -0.4 is 0 Å². The van der Waals surface area contributed by atoms with Gasteiger partial charge in [-0.3, -0.25) is 0 Å². The van der Waals surface area contributed by atoms with Gasteiger partial charge in [0.15, 0.2) is 0 Å². The number of carbonyl (C=O) groups excluding carboxylic acids is 1. The molecule has 0 bridgehead atoms. The van der Waals surface area contributed by atoms with E-state index in [2.05, 4.69) is 18.6 Å². The van der Waals surface area contributed by atoms with Crippen LogP contribution in [0.4, 0.5) is 30.7 Å². The van der Waals surface area contributed by atoms with Gasteiger partial charge in [-0.2, -0.15) is 30.7 Å². The van der Waals surface area contributed by atoms with Crippen molar-refractivity contribution in [2.24, 2.45) is 22.7 Å². The average molecular weight is 478 g/mol. The fourth-order valence-corrected chi connectivity index (χ4v) is 5.98. The van der Waals surface area contributed by atoms with Crippen molar-refractivity contribution >= 4 is 5.97 Å². The Bertz CT molecular complexity index is 997. The number of alkyl halides is 7. The Hall–Kier alpha value is -2.06. The van der Waals surface area contributed by atoms with Crippen LogP contribution in [-0.4, -0.2) is 24.0 Å². The first kappa shape index (κ1) is 24.1. The van der Waals surface area contributed by atoms with Crippen molar-refractivity contribution in [2.45, 2.75) is 70.9 Å². The molecule has 0 N–H and O–H groups in total. The molecule has 0 radical (unpaired) electrons. The predicted octanol–water partition coefficient (Wildman–Crippen LogP) is 7.30. The van der Waals surface area contributed by atoms with Crippen LogP contribution in [-0.2, 0) is 9.53 Å². The first-order valence-corrected chi connectivity index (χ1v) is 10.9. The normalized spacial score (nSPS) is 31.3. The lowest BCUT2D eigenvalue weighted by Gasteiger charge is -2.49. The number of allylic oxidation sites excluding steroid dienone is 7. The molecule has 0 saturated heterocycles. The number of hydrogen-bond acceptors (Lipinski definition) is 2. The van der Waals surface area contributed by atoms with E-state index in [1.54, 1.807) is 6.08 Å². The summed E-state index contributed by atoms with van der Waals surface area (Å²) in [6, 6.07) is 0. The largest absolute Gasteiger partial charge is 0.460 e. The Morgan fingerprint density at radius 1 is 1.06 bits per heavy atom. The Morgan fingerprint density at radius 2 is 1.73 bits per heavy atom. The third-order valence-electron chi connectivity index (χ3n) is 7.96. The summed E-state index contributed by atoms with van der Waals surface area (Å²) in [7, 11) is 0. The quantitative estimate of drug-likeness (QED) is 0.242. The standard InChI is InChI=1S/C24H25F7O2/c1-20(2)10-9-16-15-5-4-13-12-14(8-11-21(13,3)18(15)7-6-17(16)20)33-19(32)22(25,26)23(27,28)24(29,30)31/h4,8,11-12,15,18H,5-7,9-10H2,1-3H3/t15-,18-,21-/m0/s1. The fraction of sp³-hybridized carbons (Fsp3) is 0.625. The van der Waals surface area contributed by atoms with Gasteiger partial charge in [0.1, 0.15) is 5.76 Å². The fourth-order valence-electron chi connectivity index (χ4n) is 5.98. The van der Waals surface area contributed by atoms with Crippen LogP contribution in [0.1, 0.15) is 52.9 Å². The van der Waals surface area contributed by atoms with E-state index in [9.17, 15) is 35.5 Å². The molecule has 4 aliphatic rings. The summed E-state index contributed by atoms with van der Waals surface area (Å²) in [5, 5.41) is 0. The average Bonchev–Trinajstić information content (AvgIpc) is 3.02. The molecular formula is C24H25F7O2. The van der Waals surface area contributed by atoms with Gasteiger partial charge in [-0.1, -0.05) is 44.1 Å². The molecule has 0 aromatic carbocycles. The van der Waals surface area contributed by atoms with E-state index >= 15 is 0 Å². The minimum atomic E-state index is -6.60. The van der Waals surface area contributed by atoms with Crippen molar-refractivity contribution in [2.75, 3.05) is 0 Å². The zero-order valence-corrected chi connectivity index (χ0v) is 18.5. The van der Waals surface area contributed by atoms with E-state index < -0.39 is 35.2 Å². The molecule has 0 fully saturated rings. The number of halogens is 7. The number of ether oxygens (including phenoxy) is 1. The number of carbonyl (C=O) groups is 1. The summed E-state index contributed by atoms with van der Waals surface area (Å²) in [5.74, 6) is -15.5. The highest BCUT2D eigenvalue weighted by molar-refractivity contribution is 5.80. The minimum Gasteiger partial charge on any atom is -0.422 e. The maximum atomic E-state index is 13.6. The van der Waals surface area contributed by atoms with Crippen LogP contribution in [0.3, 0.4) is 0 Å². The zero-order chi connectivity index (χ0) is 24.6. The molecule has 0 unspecified atom stereocenters. The molecule has 0 amide bonds. The van der Waals surface area contributed by atoms with Gasteiger partial charge < -0.3 is 4.74 Å². The number of hydrogen-bond donors (Lipinski definition) is 0. The van der Waals surface area contributed by atoms with E-state index in [0.29, 0.717) is 17.9 Å². The van der Waals surface area contributed by atoms with Gasteiger partial charge in [0.25, 0.3) is 0 Å². The van der Waals surface area contributed by atoms with Gasteiger partial charge >= 0.3 is 24.0 Å². The van der Waals surface area contributed by atoms with Crippen molar-refractivity contribution in [1.29, 1.82) is 0 Å². The molecule has 0 heterocycles. The number of rotatable bonds is 3. The van der Waals surface area contributed by atoms with Crippen molar-refractivity contribution in [3.8, 4) is 0 Å². The van der Waals surface area contributed by atoms with Crippen molar-refractivity contribution in [3.05, 3.63) is 46.8 Å². The molecule has 0 aliphatic heterocycles. The lowest BCUT2D eigenvalue weighted by molar-refractivity contribution is -0.347. The van der Waals surface area contributed by atoms with Crippen molar-refractivity contribution in [3.63, 3.8) is 0 Å². The second-order valence-electron chi connectivity index (χ2n) is 10.2. The van der Waals surface area contributed by atoms with Gasteiger partial charge in [-0.25, -0.2) is 4.79 Å². The SMILES string of the molecule is CC1(C)CCC2=C1CC[C@H]1[C@H]2CC=C2C=C(OC(=O)C(F)(F)C(F)(F)C(F)(F)F)C=C[C@@]21C. The Balaban J connectivity index is 1.57. The summed E-state index contributed by atoms with van der Waals surface area (Å²) < 4.78 is 95.0. The highest BCUT2D eigenvalue weighted by Gasteiger charge is 2.77. The molecule has 2 nitrogen and oxygen atoms in total. The van der Waals surface area contributed by atoms with Crippen molar-refractivity contribution in [1.82, 2.24) is 0 Å². The Morgan fingerprint density at radius 3 is 2.36 bits per heavy atom. The van der Waals surface area contributed by atoms with Gasteiger partial charge in [-0.15, -0.1) is 0 Å².